The van der Waals surface area contributed by atoms with Crippen LogP contribution in [0.15, 0.2) is 24.3 Å². The van der Waals surface area contributed by atoms with E-state index in [-0.39, 0.29) is 23.0 Å². The van der Waals surface area contributed by atoms with Gasteiger partial charge in [0.25, 0.3) is 5.91 Å². The molecule has 2 aromatic rings. The maximum absolute atomic E-state index is 13.0. The Morgan fingerprint density at radius 1 is 1.35 bits per heavy atom. The molecule has 122 valence electrons. The number of aromatic nitrogens is 3. The summed E-state index contributed by atoms with van der Waals surface area (Å²) in [4.78, 5) is 12.2. The summed E-state index contributed by atoms with van der Waals surface area (Å²) in [6, 6.07) is 5.24. The standard InChI is InChI=1S/C14H15FN4O3S/c1-9-13(14(20)16-11-6-7-23(21,22)8-11)17-18-19(9)12-4-2-10(15)3-5-12/h2-5,11H,6-8H2,1H3,(H,16,20). The van der Waals surface area contributed by atoms with Gasteiger partial charge in [-0.1, -0.05) is 5.21 Å². The highest BCUT2D eigenvalue weighted by molar-refractivity contribution is 7.91. The van der Waals surface area contributed by atoms with Crippen LogP contribution in [0.25, 0.3) is 5.69 Å². The highest BCUT2D eigenvalue weighted by Gasteiger charge is 2.30. The average Bonchev–Trinajstić information content (AvgIpc) is 3.02. The molecule has 0 bridgehead atoms. The molecule has 1 N–H and O–H groups in total. The monoisotopic (exact) mass is 338 g/mol. The molecule has 1 aliphatic rings. The molecule has 1 fully saturated rings. The summed E-state index contributed by atoms with van der Waals surface area (Å²) in [6.45, 7) is 1.67. The third-order valence-electron chi connectivity index (χ3n) is 3.75. The molecule has 2 heterocycles. The van der Waals surface area contributed by atoms with Gasteiger partial charge in [-0.05, 0) is 37.6 Å². The third kappa shape index (κ3) is 3.24. The van der Waals surface area contributed by atoms with E-state index in [2.05, 4.69) is 15.6 Å². The number of rotatable bonds is 3. The fourth-order valence-corrected chi connectivity index (χ4v) is 4.20. The molecule has 3 rings (SSSR count). The molecule has 0 spiro atoms. The number of carbonyl (C=O) groups is 1. The van der Waals surface area contributed by atoms with Gasteiger partial charge in [0, 0.05) is 6.04 Å². The molecule has 1 aliphatic heterocycles. The Morgan fingerprint density at radius 3 is 2.65 bits per heavy atom. The number of carbonyl (C=O) groups excluding carboxylic acids is 1. The van der Waals surface area contributed by atoms with E-state index in [0.717, 1.165) is 0 Å². The maximum Gasteiger partial charge on any atom is 0.274 e. The smallest absolute Gasteiger partial charge is 0.274 e. The lowest BCUT2D eigenvalue weighted by atomic mass is 10.2. The van der Waals surface area contributed by atoms with Crippen LogP contribution in [0.5, 0.6) is 0 Å². The summed E-state index contributed by atoms with van der Waals surface area (Å²) >= 11 is 0. The van der Waals surface area contributed by atoms with Crippen LogP contribution in [-0.2, 0) is 9.84 Å². The zero-order valence-electron chi connectivity index (χ0n) is 12.4. The van der Waals surface area contributed by atoms with Crippen LogP contribution in [0.1, 0.15) is 22.6 Å². The van der Waals surface area contributed by atoms with Gasteiger partial charge in [0.2, 0.25) is 0 Å². The van der Waals surface area contributed by atoms with Gasteiger partial charge in [0.1, 0.15) is 5.82 Å². The van der Waals surface area contributed by atoms with Gasteiger partial charge < -0.3 is 5.32 Å². The number of hydrogen-bond acceptors (Lipinski definition) is 5. The van der Waals surface area contributed by atoms with E-state index in [0.29, 0.717) is 17.8 Å². The fourth-order valence-electron chi connectivity index (χ4n) is 2.53. The first-order valence-corrected chi connectivity index (χ1v) is 8.87. The van der Waals surface area contributed by atoms with Crippen LogP contribution >= 0.6 is 0 Å². The molecule has 1 atom stereocenters. The van der Waals surface area contributed by atoms with Crippen molar-refractivity contribution >= 4 is 15.7 Å². The lowest BCUT2D eigenvalue weighted by Gasteiger charge is -2.09. The number of hydrogen-bond donors (Lipinski definition) is 1. The number of nitrogens with one attached hydrogen (secondary N) is 1. The number of benzene rings is 1. The summed E-state index contributed by atoms with van der Waals surface area (Å²) in [7, 11) is -3.07. The molecule has 0 saturated carbocycles. The fraction of sp³-hybridized carbons (Fsp3) is 0.357. The zero-order chi connectivity index (χ0) is 16.6. The largest absolute Gasteiger partial charge is 0.347 e. The first-order valence-electron chi connectivity index (χ1n) is 7.05. The molecular weight excluding hydrogens is 323 g/mol. The van der Waals surface area contributed by atoms with Crippen molar-refractivity contribution in [2.45, 2.75) is 19.4 Å². The third-order valence-corrected chi connectivity index (χ3v) is 5.52. The molecule has 1 aromatic carbocycles. The molecular formula is C14H15FN4O3S. The number of amides is 1. The lowest BCUT2D eigenvalue weighted by Crippen LogP contribution is -2.36. The van der Waals surface area contributed by atoms with Crippen LogP contribution in [-0.4, -0.2) is 46.9 Å². The molecule has 0 radical (unpaired) electrons. The van der Waals surface area contributed by atoms with Crippen molar-refractivity contribution in [3.8, 4) is 5.69 Å². The summed E-state index contributed by atoms with van der Waals surface area (Å²) in [6.07, 6.45) is 0.402. The van der Waals surface area contributed by atoms with E-state index in [1.54, 1.807) is 6.92 Å². The van der Waals surface area contributed by atoms with Gasteiger partial charge in [-0.15, -0.1) is 5.10 Å². The Balaban J connectivity index is 1.79. The van der Waals surface area contributed by atoms with Crippen molar-refractivity contribution in [1.29, 1.82) is 0 Å². The van der Waals surface area contributed by atoms with E-state index in [4.69, 9.17) is 0 Å². The van der Waals surface area contributed by atoms with Gasteiger partial charge in [0.15, 0.2) is 15.5 Å². The maximum atomic E-state index is 13.0. The molecule has 9 heteroatoms. The topological polar surface area (TPSA) is 93.9 Å². The second kappa shape index (κ2) is 5.73. The predicted octanol–water partition coefficient (Wildman–Crippen LogP) is 0.632. The molecule has 23 heavy (non-hydrogen) atoms. The highest BCUT2D eigenvalue weighted by Crippen LogP contribution is 2.15. The first-order chi connectivity index (χ1) is 10.9. The SMILES string of the molecule is Cc1c(C(=O)NC2CCS(=O)(=O)C2)nnn1-c1ccc(F)cc1. The molecule has 1 unspecified atom stereocenters. The Morgan fingerprint density at radius 2 is 2.04 bits per heavy atom. The number of nitrogens with zero attached hydrogens (tertiary/aromatic N) is 3. The van der Waals surface area contributed by atoms with Crippen molar-refractivity contribution in [2.75, 3.05) is 11.5 Å². The summed E-state index contributed by atoms with van der Waals surface area (Å²) in [5.41, 5.74) is 1.20. The van der Waals surface area contributed by atoms with Gasteiger partial charge >= 0.3 is 0 Å². The quantitative estimate of drug-likeness (QED) is 0.886. The van der Waals surface area contributed by atoms with E-state index >= 15 is 0 Å². The molecule has 1 aromatic heterocycles. The van der Waals surface area contributed by atoms with E-state index < -0.39 is 21.8 Å². The minimum absolute atomic E-state index is 0.0517. The second-order valence-corrected chi connectivity index (χ2v) is 7.71. The first kappa shape index (κ1) is 15.6. The highest BCUT2D eigenvalue weighted by atomic mass is 32.2. The Kier molecular flexibility index (Phi) is 3.88. The van der Waals surface area contributed by atoms with Crippen LogP contribution in [0.4, 0.5) is 4.39 Å². The zero-order valence-corrected chi connectivity index (χ0v) is 13.2. The molecule has 0 aliphatic carbocycles. The van der Waals surface area contributed by atoms with Crippen molar-refractivity contribution in [3.05, 3.63) is 41.5 Å². The van der Waals surface area contributed by atoms with Gasteiger partial charge in [-0.25, -0.2) is 17.5 Å². The Hall–Kier alpha value is -2.29. The number of halogens is 1. The van der Waals surface area contributed by atoms with Gasteiger partial charge in [-0.3, -0.25) is 4.79 Å². The minimum atomic E-state index is -3.07. The van der Waals surface area contributed by atoms with E-state index in [9.17, 15) is 17.6 Å². The summed E-state index contributed by atoms with van der Waals surface area (Å²) in [5, 5.41) is 10.4. The predicted molar refractivity (Wildman–Crippen MR) is 80.6 cm³/mol. The Bertz CT molecular complexity index is 845. The van der Waals surface area contributed by atoms with Gasteiger partial charge in [-0.2, -0.15) is 0 Å². The summed E-state index contributed by atoms with van der Waals surface area (Å²) < 4.78 is 37.3. The van der Waals surface area contributed by atoms with Crippen molar-refractivity contribution in [2.24, 2.45) is 0 Å². The van der Waals surface area contributed by atoms with Crippen LogP contribution in [0.3, 0.4) is 0 Å². The van der Waals surface area contributed by atoms with Crippen molar-refractivity contribution in [3.63, 3.8) is 0 Å². The van der Waals surface area contributed by atoms with Crippen molar-refractivity contribution < 1.29 is 17.6 Å². The van der Waals surface area contributed by atoms with E-state index in [1.165, 1.54) is 28.9 Å². The van der Waals surface area contributed by atoms with Gasteiger partial charge in [0.05, 0.1) is 22.9 Å². The van der Waals surface area contributed by atoms with Crippen LogP contribution in [0, 0.1) is 12.7 Å². The van der Waals surface area contributed by atoms with E-state index in [1.807, 2.05) is 0 Å². The lowest BCUT2D eigenvalue weighted by molar-refractivity contribution is 0.0935. The molecule has 1 amide bonds. The van der Waals surface area contributed by atoms with Crippen LogP contribution < -0.4 is 5.32 Å². The normalized spacial score (nSPS) is 19.7. The summed E-state index contributed by atoms with van der Waals surface area (Å²) in [5.74, 6) is -0.798. The molecule has 7 nitrogen and oxygen atoms in total. The average molecular weight is 338 g/mol. The Labute approximate surface area is 132 Å². The van der Waals surface area contributed by atoms with Crippen LogP contribution in [0.2, 0.25) is 0 Å². The molecule has 1 saturated heterocycles. The number of sulfone groups is 1. The van der Waals surface area contributed by atoms with Crippen molar-refractivity contribution in [1.82, 2.24) is 20.3 Å². The minimum Gasteiger partial charge on any atom is -0.347 e. The second-order valence-electron chi connectivity index (χ2n) is 5.49.